The van der Waals surface area contributed by atoms with Crippen molar-refractivity contribution in [1.29, 1.82) is 0 Å². The highest BCUT2D eigenvalue weighted by Gasteiger charge is 2.19. The van der Waals surface area contributed by atoms with Crippen molar-refractivity contribution < 1.29 is 19.1 Å². The van der Waals surface area contributed by atoms with E-state index in [2.05, 4.69) is 67.8 Å². The average Bonchev–Trinajstić information content (AvgIpc) is 2.49. The molecule has 0 amide bonds. The van der Waals surface area contributed by atoms with E-state index in [-0.39, 0.29) is 16.9 Å². The van der Waals surface area contributed by atoms with Crippen molar-refractivity contribution in [3.63, 3.8) is 0 Å². The summed E-state index contributed by atoms with van der Waals surface area (Å²) in [5.74, 6) is -0.397. The molecule has 0 unspecified atom stereocenters. The molecule has 0 aliphatic carbocycles. The molecule has 1 aromatic heterocycles. The molecule has 0 aliphatic heterocycles. The molecule has 0 saturated heterocycles. The zero-order chi connectivity index (χ0) is 17.4. The number of aromatic hydroxyl groups is 1. The molecule has 0 aliphatic rings. The summed E-state index contributed by atoms with van der Waals surface area (Å²) in [5.41, 5.74) is -0.804. The number of phenols is 1. The maximum Gasteiger partial charge on any atom is 0.351 e. The van der Waals surface area contributed by atoms with E-state index in [4.69, 9.17) is 9.15 Å². The largest absolute Gasteiger partial charge is 0.508 e. The van der Waals surface area contributed by atoms with Gasteiger partial charge in [0.05, 0.1) is 7.14 Å². The van der Waals surface area contributed by atoms with Gasteiger partial charge in [0.2, 0.25) is 0 Å². The third-order valence-electron chi connectivity index (χ3n) is 3.10. The standard InChI is InChI=1S/C16H7I3O5/c17-8-4-11(18)14(12(19)5-8)24-16(22)10-3-7-1-2-9(20)6-13(7)23-15(10)21/h1-6,20H. The first-order valence-electron chi connectivity index (χ1n) is 6.49. The van der Waals surface area contributed by atoms with Gasteiger partial charge in [0.1, 0.15) is 16.9 Å². The second-order valence-electron chi connectivity index (χ2n) is 4.76. The number of carbonyl (C=O) groups excluding carboxylic acids is 1. The Hall–Kier alpha value is -0.890. The van der Waals surface area contributed by atoms with E-state index in [1.807, 2.05) is 12.1 Å². The van der Waals surface area contributed by atoms with Gasteiger partial charge in [-0.3, -0.25) is 0 Å². The number of halogens is 3. The van der Waals surface area contributed by atoms with Gasteiger partial charge in [-0.2, -0.15) is 0 Å². The SMILES string of the molecule is O=C(Oc1c(I)cc(I)cc1I)c1cc2ccc(O)cc2oc1=O. The fourth-order valence-corrected chi connectivity index (χ4v) is 5.82. The Balaban J connectivity index is 2.02. The van der Waals surface area contributed by atoms with E-state index >= 15 is 0 Å². The van der Waals surface area contributed by atoms with Crippen LogP contribution in [-0.2, 0) is 0 Å². The summed E-state index contributed by atoms with van der Waals surface area (Å²) >= 11 is 6.32. The molecule has 8 heteroatoms. The molecule has 0 radical (unpaired) electrons. The Kier molecular flexibility index (Phi) is 5.34. The van der Waals surface area contributed by atoms with Gasteiger partial charge in [-0.1, -0.05) is 0 Å². The highest BCUT2D eigenvalue weighted by Crippen LogP contribution is 2.30. The highest BCUT2D eigenvalue weighted by molar-refractivity contribution is 14.1. The first-order valence-corrected chi connectivity index (χ1v) is 9.72. The van der Waals surface area contributed by atoms with Crippen LogP contribution < -0.4 is 10.4 Å². The molecular weight excluding hydrogens is 653 g/mol. The number of carbonyl (C=O) groups is 1. The van der Waals surface area contributed by atoms with Gasteiger partial charge in [0.25, 0.3) is 0 Å². The third kappa shape index (κ3) is 3.69. The molecule has 0 bridgehead atoms. The molecular formula is C16H7I3O5. The normalized spacial score (nSPS) is 10.8. The van der Waals surface area contributed by atoms with Crippen LogP contribution in [0, 0.1) is 10.7 Å². The first kappa shape index (κ1) is 17.9. The quantitative estimate of drug-likeness (QED) is 0.190. The lowest BCUT2D eigenvalue weighted by molar-refractivity contribution is 0.0728. The van der Waals surface area contributed by atoms with Crippen LogP contribution in [0.2, 0.25) is 0 Å². The van der Waals surface area contributed by atoms with Crippen LogP contribution >= 0.6 is 67.8 Å². The van der Waals surface area contributed by atoms with Crippen LogP contribution in [0.3, 0.4) is 0 Å². The van der Waals surface area contributed by atoms with Crippen LogP contribution in [0.1, 0.15) is 10.4 Å². The Bertz CT molecular complexity index is 1000. The summed E-state index contributed by atoms with van der Waals surface area (Å²) in [6, 6.07) is 9.46. The predicted octanol–water partition coefficient (Wildman–Crippen LogP) is 4.53. The van der Waals surface area contributed by atoms with Gasteiger partial charge >= 0.3 is 11.6 Å². The fourth-order valence-electron chi connectivity index (χ4n) is 2.02. The number of ether oxygens (including phenoxy) is 1. The van der Waals surface area contributed by atoms with E-state index in [0.29, 0.717) is 11.1 Å². The molecule has 24 heavy (non-hydrogen) atoms. The second kappa shape index (κ2) is 7.15. The van der Waals surface area contributed by atoms with Crippen molar-refractivity contribution in [1.82, 2.24) is 0 Å². The van der Waals surface area contributed by atoms with Crippen molar-refractivity contribution in [3.8, 4) is 11.5 Å². The molecule has 1 heterocycles. The van der Waals surface area contributed by atoms with Gasteiger partial charge in [-0.25, -0.2) is 9.59 Å². The van der Waals surface area contributed by atoms with Crippen molar-refractivity contribution in [2.45, 2.75) is 0 Å². The minimum atomic E-state index is -0.811. The van der Waals surface area contributed by atoms with Crippen LogP contribution in [0.15, 0.2) is 45.6 Å². The molecule has 3 rings (SSSR count). The molecule has 0 saturated carbocycles. The Morgan fingerprint density at radius 1 is 1.04 bits per heavy atom. The molecule has 3 aromatic rings. The smallest absolute Gasteiger partial charge is 0.351 e. The van der Waals surface area contributed by atoms with Crippen molar-refractivity contribution >= 4 is 84.7 Å². The Morgan fingerprint density at radius 3 is 2.38 bits per heavy atom. The topological polar surface area (TPSA) is 76.7 Å². The number of hydrogen-bond acceptors (Lipinski definition) is 5. The van der Waals surface area contributed by atoms with E-state index in [9.17, 15) is 14.7 Å². The average molecular weight is 660 g/mol. The van der Waals surface area contributed by atoms with Crippen LogP contribution in [0.25, 0.3) is 11.0 Å². The molecule has 2 aromatic carbocycles. The van der Waals surface area contributed by atoms with E-state index < -0.39 is 11.6 Å². The summed E-state index contributed by atoms with van der Waals surface area (Å²) in [6.07, 6.45) is 0. The lowest BCUT2D eigenvalue weighted by atomic mass is 10.2. The van der Waals surface area contributed by atoms with Gasteiger partial charge < -0.3 is 14.3 Å². The second-order valence-corrected chi connectivity index (χ2v) is 8.33. The first-order chi connectivity index (χ1) is 11.3. The highest BCUT2D eigenvalue weighted by atomic mass is 127. The summed E-state index contributed by atoms with van der Waals surface area (Å²) in [7, 11) is 0. The van der Waals surface area contributed by atoms with Crippen molar-refractivity contribution in [2.24, 2.45) is 0 Å². The third-order valence-corrected chi connectivity index (χ3v) is 5.32. The number of benzene rings is 2. The minimum Gasteiger partial charge on any atom is -0.508 e. The Labute approximate surface area is 176 Å². The summed E-state index contributed by atoms with van der Waals surface area (Å²) in [4.78, 5) is 24.4. The lowest BCUT2D eigenvalue weighted by Crippen LogP contribution is -2.19. The summed E-state index contributed by atoms with van der Waals surface area (Å²) < 4.78 is 13.1. The Morgan fingerprint density at radius 2 is 1.71 bits per heavy atom. The minimum absolute atomic E-state index is 0.0241. The molecule has 0 atom stereocenters. The zero-order valence-electron chi connectivity index (χ0n) is 11.7. The van der Waals surface area contributed by atoms with Gasteiger partial charge in [-0.05, 0) is 98.1 Å². The van der Waals surface area contributed by atoms with Gasteiger partial charge in [0.15, 0.2) is 5.75 Å². The van der Waals surface area contributed by atoms with E-state index in [1.165, 1.54) is 18.2 Å². The maximum absolute atomic E-state index is 12.4. The molecule has 1 N–H and O–H groups in total. The monoisotopic (exact) mass is 660 g/mol. The van der Waals surface area contributed by atoms with Crippen molar-refractivity contribution in [2.75, 3.05) is 0 Å². The lowest BCUT2D eigenvalue weighted by Gasteiger charge is -2.09. The molecule has 5 nitrogen and oxygen atoms in total. The number of hydrogen-bond donors (Lipinski definition) is 1. The number of rotatable bonds is 2. The molecule has 0 spiro atoms. The molecule has 0 fully saturated rings. The van der Waals surface area contributed by atoms with Gasteiger partial charge in [-0.15, -0.1) is 0 Å². The fraction of sp³-hybridized carbons (Fsp3) is 0. The number of esters is 1. The predicted molar refractivity (Wildman–Crippen MR) is 114 cm³/mol. The van der Waals surface area contributed by atoms with E-state index in [0.717, 1.165) is 10.7 Å². The number of phenolic OH excluding ortho intramolecular Hbond substituents is 1. The summed E-state index contributed by atoms with van der Waals surface area (Å²) in [6.45, 7) is 0. The van der Waals surface area contributed by atoms with Crippen LogP contribution in [-0.4, -0.2) is 11.1 Å². The van der Waals surface area contributed by atoms with Crippen LogP contribution in [0.5, 0.6) is 11.5 Å². The van der Waals surface area contributed by atoms with Crippen LogP contribution in [0.4, 0.5) is 0 Å². The maximum atomic E-state index is 12.4. The van der Waals surface area contributed by atoms with E-state index in [1.54, 1.807) is 6.07 Å². The van der Waals surface area contributed by atoms with Gasteiger partial charge in [0, 0.05) is 15.0 Å². The number of fused-ring (bicyclic) bond motifs is 1. The summed E-state index contributed by atoms with van der Waals surface area (Å²) in [5, 5.41) is 9.94. The zero-order valence-corrected chi connectivity index (χ0v) is 18.2. The van der Waals surface area contributed by atoms with Crippen molar-refractivity contribution in [3.05, 3.63) is 63.1 Å². The molecule has 122 valence electrons.